The molecule has 0 saturated carbocycles. The molecule has 3 rings (SSSR count). The van der Waals surface area contributed by atoms with Crippen molar-refractivity contribution in [2.24, 2.45) is 0 Å². The summed E-state index contributed by atoms with van der Waals surface area (Å²) in [5, 5.41) is 19.2. The monoisotopic (exact) mass is 354 g/mol. The van der Waals surface area contributed by atoms with Crippen molar-refractivity contribution in [3.8, 4) is 28.7 Å². The zero-order valence-corrected chi connectivity index (χ0v) is 14.8. The van der Waals surface area contributed by atoms with Crippen molar-refractivity contribution < 1.29 is 15.0 Å². The van der Waals surface area contributed by atoms with Crippen LogP contribution < -0.4 is 0 Å². The van der Waals surface area contributed by atoms with Crippen molar-refractivity contribution in [3.63, 3.8) is 0 Å². The maximum atomic E-state index is 10.9. The normalized spacial score (nSPS) is 10.4. The molecule has 0 heterocycles. The molecule has 0 atom stereocenters. The van der Waals surface area contributed by atoms with E-state index in [9.17, 15) is 9.90 Å². The highest BCUT2D eigenvalue weighted by atomic mass is 16.4. The van der Waals surface area contributed by atoms with E-state index >= 15 is 0 Å². The fourth-order valence-electron chi connectivity index (χ4n) is 2.66. The van der Waals surface area contributed by atoms with E-state index in [-0.39, 0.29) is 11.3 Å². The third-order valence-electron chi connectivity index (χ3n) is 4.13. The van der Waals surface area contributed by atoms with Gasteiger partial charge in [0.2, 0.25) is 0 Å². The van der Waals surface area contributed by atoms with Gasteiger partial charge < -0.3 is 10.2 Å². The van der Waals surface area contributed by atoms with Crippen LogP contribution in [-0.4, -0.2) is 16.2 Å². The molecule has 0 fully saturated rings. The minimum atomic E-state index is -0.961. The number of aryl methyl sites for hydroxylation is 1. The lowest BCUT2D eigenvalue weighted by Crippen LogP contribution is -1.94. The molecule has 3 heteroatoms. The number of rotatable bonds is 3. The number of carbonyl (C=O) groups is 1. The second kappa shape index (κ2) is 8.07. The Bertz CT molecular complexity index is 1050. The first-order valence-corrected chi connectivity index (χ1v) is 8.45. The van der Waals surface area contributed by atoms with Gasteiger partial charge in [-0.25, -0.2) is 4.79 Å². The van der Waals surface area contributed by atoms with Crippen molar-refractivity contribution in [2.45, 2.75) is 6.92 Å². The van der Waals surface area contributed by atoms with Crippen molar-refractivity contribution >= 4 is 12.0 Å². The van der Waals surface area contributed by atoms with E-state index in [1.807, 2.05) is 43.3 Å². The van der Waals surface area contributed by atoms with Crippen LogP contribution in [0.5, 0.6) is 5.75 Å². The van der Waals surface area contributed by atoms with E-state index < -0.39 is 5.97 Å². The Morgan fingerprint density at radius 3 is 2.33 bits per heavy atom. The topological polar surface area (TPSA) is 57.5 Å². The molecule has 2 N–H and O–H groups in total. The predicted octanol–water partition coefficient (Wildman–Crippen LogP) is 5.13. The molecule has 3 aromatic carbocycles. The van der Waals surface area contributed by atoms with Crippen LogP contribution in [0, 0.1) is 18.8 Å². The summed E-state index contributed by atoms with van der Waals surface area (Å²) in [7, 11) is 0. The smallest absolute Gasteiger partial charge is 0.335 e. The van der Waals surface area contributed by atoms with Gasteiger partial charge in [0.05, 0.1) is 5.56 Å². The molecule has 0 saturated heterocycles. The highest BCUT2D eigenvalue weighted by Crippen LogP contribution is 2.31. The Balaban J connectivity index is 1.86. The van der Waals surface area contributed by atoms with Crippen molar-refractivity contribution in [1.29, 1.82) is 0 Å². The SMILES string of the molecule is Cc1ccc(-c2cccc(O)c2C=CC#Cc2ccc(C(=O)O)cc2)cc1. The van der Waals surface area contributed by atoms with Gasteiger partial charge in [-0.15, -0.1) is 0 Å². The van der Waals surface area contributed by atoms with Crippen LogP contribution in [0.3, 0.4) is 0 Å². The van der Waals surface area contributed by atoms with Crippen LogP contribution in [0.15, 0.2) is 72.8 Å². The summed E-state index contributed by atoms with van der Waals surface area (Å²) in [6, 6.07) is 19.9. The second-order valence-corrected chi connectivity index (χ2v) is 6.09. The Hall–Kier alpha value is -3.77. The summed E-state index contributed by atoms with van der Waals surface area (Å²) in [5.41, 5.74) is 4.79. The number of benzene rings is 3. The van der Waals surface area contributed by atoms with Gasteiger partial charge in [-0.3, -0.25) is 0 Å². The molecular formula is C24H18O3. The first-order chi connectivity index (χ1) is 13.0. The Kier molecular flexibility index (Phi) is 5.39. The average Bonchev–Trinajstić information content (AvgIpc) is 2.67. The molecule has 0 bridgehead atoms. The van der Waals surface area contributed by atoms with Crippen LogP contribution in [0.2, 0.25) is 0 Å². The summed E-state index contributed by atoms with van der Waals surface area (Å²) >= 11 is 0. The van der Waals surface area contributed by atoms with Gasteiger partial charge in [0, 0.05) is 11.1 Å². The molecule has 0 radical (unpaired) electrons. The van der Waals surface area contributed by atoms with Crippen LogP contribution in [0.25, 0.3) is 17.2 Å². The van der Waals surface area contributed by atoms with Gasteiger partial charge in [0.25, 0.3) is 0 Å². The standard InChI is InChI=1S/C24H18O3/c1-17-9-13-19(14-10-17)21-7-4-8-23(25)22(21)6-3-2-5-18-11-15-20(16-12-18)24(26)27/h3-4,6-16,25H,1H3,(H,26,27). The zero-order valence-electron chi connectivity index (χ0n) is 14.8. The third kappa shape index (κ3) is 4.45. The fraction of sp³-hybridized carbons (Fsp3) is 0.0417. The van der Waals surface area contributed by atoms with Gasteiger partial charge in [-0.05, 0) is 60.5 Å². The molecule has 3 aromatic rings. The summed E-state index contributed by atoms with van der Waals surface area (Å²) in [6.07, 6.45) is 3.46. The van der Waals surface area contributed by atoms with Crippen molar-refractivity contribution in [1.82, 2.24) is 0 Å². The minimum absolute atomic E-state index is 0.192. The molecule has 0 aliphatic carbocycles. The Morgan fingerprint density at radius 1 is 0.963 bits per heavy atom. The zero-order chi connectivity index (χ0) is 19.2. The molecule has 132 valence electrons. The number of hydrogen-bond donors (Lipinski definition) is 2. The summed E-state index contributed by atoms with van der Waals surface area (Å²) in [4.78, 5) is 10.9. The van der Waals surface area contributed by atoms with Gasteiger partial charge in [0.15, 0.2) is 0 Å². The van der Waals surface area contributed by atoms with Gasteiger partial charge in [-0.1, -0.05) is 53.8 Å². The van der Waals surface area contributed by atoms with Gasteiger partial charge >= 0.3 is 5.97 Å². The van der Waals surface area contributed by atoms with Crippen molar-refractivity contribution in [2.75, 3.05) is 0 Å². The molecule has 0 aliphatic heterocycles. The van der Waals surface area contributed by atoms with Crippen LogP contribution in [-0.2, 0) is 0 Å². The number of allylic oxidation sites excluding steroid dienone is 1. The van der Waals surface area contributed by atoms with Crippen LogP contribution in [0.4, 0.5) is 0 Å². The highest BCUT2D eigenvalue weighted by molar-refractivity contribution is 5.87. The largest absolute Gasteiger partial charge is 0.507 e. The predicted molar refractivity (Wildman–Crippen MR) is 108 cm³/mol. The Labute approximate surface area is 158 Å². The van der Waals surface area contributed by atoms with E-state index in [0.29, 0.717) is 5.56 Å². The lowest BCUT2D eigenvalue weighted by molar-refractivity contribution is 0.0697. The first-order valence-electron chi connectivity index (χ1n) is 8.45. The fourth-order valence-corrected chi connectivity index (χ4v) is 2.66. The van der Waals surface area contributed by atoms with E-state index in [1.54, 1.807) is 30.4 Å². The molecular weight excluding hydrogens is 336 g/mol. The third-order valence-corrected chi connectivity index (χ3v) is 4.13. The molecule has 0 unspecified atom stereocenters. The number of aromatic carboxylic acids is 1. The molecule has 3 nitrogen and oxygen atoms in total. The maximum Gasteiger partial charge on any atom is 0.335 e. The van der Waals surface area contributed by atoms with Crippen LogP contribution in [0.1, 0.15) is 27.0 Å². The molecule has 0 amide bonds. The van der Waals surface area contributed by atoms with Gasteiger partial charge in [-0.2, -0.15) is 0 Å². The summed E-state index contributed by atoms with van der Waals surface area (Å²) < 4.78 is 0. The van der Waals surface area contributed by atoms with Crippen LogP contribution >= 0.6 is 0 Å². The highest BCUT2D eigenvalue weighted by Gasteiger charge is 2.06. The van der Waals surface area contributed by atoms with Gasteiger partial charge in [0.1, 0.15) is 5.75 Å². The van der Waals surface area contributed by atoms with E-state index in [4.69, 9.17) is 5.11 Å². The van der Waals surface area contributed by atoms with E-state index in [2.05, 4.69) is 11.8 Å². The lowest BCUT2D eigenvalue weighted by Gasteiger charge is -2.08. The summed E-state index contributed by atoms with van der Waals surface area (Å²) in [5.74, 6) is 5.11. The van der Waals surface area contributed by atoms with E-state index in [1.165, 1.54) is 17.7 Å². The molecule has 27 heavy (non-hydrogen) atoms. The average molecular weight is 354 g/mol. The number of aromatic hydroxyl groups is 1. The van der Waals surface area contributed by atoms with E-state index in [0.717, 1.165) is 16.7 Å². The molecule has 0 spiro atoms. The Morgan fingerprint density at radius 2 is 1.67 bits per heavy atom. The maximum absolute atomic E-state index is 10.9. The van der Waals surface area contributed by atoms with Crippen molar-refractivity contribution in [3.05, 3.63) is 95.1 Å². The number of hydrogen-bond acceptors (Lipinski definition) is 2. The minimum Gasteiger partial charge on any atom is -0.507 e. The first kappa shape index (κ1) is 18.0. The number of phenols is 1. The second-order valence-electron chi connectivity index (χ2n) is 6.09. The molecule has 0 aliphatic rings. The summed E-state index contributed by atoms with van der Waals surface area (Å²) in [6.45, 7) is 2.03. The lowest BCUT2D eigenvalue weighted by atomic mass is 9.98. The quantitative estimate of drug-likeness (QED) is 0.641. The number of phenolic OH excluding ortho intramolecular Hbond substituents is 1. The molecule has 0 aromatic heterocycles. The number of carboxylic acid groups (broad SMARTS) is 1. The number of carboxylic acids is 1.